The Kier molecular flexibility index (Phi) is 6.73. The number of rotatable bonds is 6. The zero-order chi connectivity index (χ0) is 23.3. The molecule has 2 amide bonds. The van der Waals surface area contributed by atoms with E-state index in [2.05, 4.69) is 34.6 Å². The third-order valence-electron chi connectivity index (χ3n) is 6.42. The van der Waals surface area contributed by atoms with Gasteiger partial charge in [-0.15, -0.1) is 0 Å². The fraction of sp³-hybridized carbons (Fsp3) is 0.296. The van der Waals surface area contributed by atoms with Gasteiger partial charge in [0.05, 0.1) is 12.5 Å². The molecule has 0 saturated carbocycles. The molecule has 0 aliphatic carbocycles. The number of hydrogen-bond donors (Lipinski definition) is 1. The van der Waals surface area contributed by atoms with E-state index in [-0.39, 0.29) is 11.8 Å². The summed E-state index contributed by atoms with van der Waals surface area (Å²) in [6, 6.07) is 19.7. The number of benzene rings is 2. The van der Waals surface area contributed by atoms with Crippen LogP contribution < -0.4 is 10.1 Å². The van der Waals surface area contributed by atoms with Gasteiger partial charge in [-0.2, -0.15) is 0 Å². The Morgan fingerprint density at radius 3 is 2.24 bits per heavy atom. The van der Waals surface area contributed by atoms with E-state index >= 15 is 0 Å². The zero-order valence-corrected chi connectivity index (χ0v) is 19.1. The summed E-state index contributed by atoms with van der Waals surface area (Å²) >= 11 is 0. The number of carbonyl (C=O) groups excluding carboxylic acids is 2. The summed E-state index contributed by atoms with van der Waals surface area (Å²) in [5.41, 5.74) is 3.23. The summed E-state index contributed by atoms with van der Waals surface area (Å²) in [5.74, 6) is 0.750. The minimum absolute atomic E-state index is 0.0195. The van der Waals surface area contributed by atoms with E-state index in [1.807, 2.05) is 24.3 Å². The minimum atomic E-state index is -0.655. The smallest absolute Gasteiger partial charge is 0.253 e. The number of piperidine rings is 1. The molecular weight excluding hydrogens is 414 g/mol. The third-order valence-corrected chi connectivity index (χ3v) is 6.42. The van der Waals surface area contributed by atoms with Crippen molar-refractivity contribution < 1.29 is 14.3 Å². The number of nitrogens with zero attached hydrogens (tertiary/aromatic N) is 2. The molecule has 1 saturated heterocycles. The first-order valence-electron chi connectivity index (χ1n) is 11.2. The van der Waals surface area contributed by atoms with Crippen molar-refractivity contribution in [3.63, 3.8) is 0 Å². The first kappa shape index (κ1) is 22.5. The van der Waals surface area contributed by atoms with E-state index in [0.717, 1.165) is 35.3 Å². The number of aromatic nitrogens is 1. The van der Waals surface area contributed by atoms with Gasteiger partial charge < -0.3 is 15.0 Å². The van der Waals surface area contributed by atoms with E-state index in [9.17, 15) is 9.59 Å². The lowest BCUT2D eigenvalue weighted by atomic mass is 9.74. The summed E-state index contributed by atoms with van der Waals surface area (Å²) in [7, 11) is 3.32. The van der Waals surface area contributed by atoms with Gasteiger partial charge in [-0.25, -0.2) is 0 Å². The molecule has 1 atom stereocenters. The predicted molar refractivity (Wildman–Crippen MR) is 128 cm³/mol. The molecule has 0 bridgehead atoms. The number of carbonyl (C=O) groups is 2. The van der Waals surface area contributed by atoms with Gasteiger partial charge in [-0.05, 0) is 60.2 Å². The average molecular weight is 444 g/mol. The van der Waals surface area contributed by atoms with Gasteiger partial charge in [-0.1, -0.05) is 36.4 Å². The van der Waals surface area contributed by atoms with Crippen LogP contribution in [-0.2, 0) is 11.2 Å². The van der Waals surface area contributed by atoms with Crippen molar-refractivity contribution in [1.82, 2.24) is 15.2 Å². The highest BCUT2D eigenvalue weighted by atomic mass is 16.5. The van der Waals surface area contributed by atoms with Gasteiger partial charge in [0.15, 0.2) is 0 Å². The molecule has 1 aliphatic rings. The van der Waals surface area contributed by atoms with Crippen LogP contribution in [0, 0.1) is 5.41 Å². The van der Waals surface area contributed by atoms with Crippen LogP contribution in [0.3, 0.4) is 0 Å². The molecule has 4 rings (SSSR count). The minimum Gasteiger partial charge on any atom is -0.497 e. The van der Waals surface area contributed by atoms with Gasteiger partial charge in [0.25, 0.3) is 5.91 Å². The topological polar surface area (TPSA) is 71.5 Å². The molecule has 1 aliphatic heterocycles. The van der Waals surface area contributed by atoms with Crippen LogP contribution in [0.1, 0.15) is 28.8 Å². The molecule has 3 aromatic rings. The van der Waals surface area contributed by atoms with Gasteiger partial charge in [-0.3, -0.25) is 14.6 Å². The van der Waals surface area contributed by atoms with E-state index < -0.39 is 5.41 Å². The number of likely N-dealkylation sites (tertiary alicyclic amines) is 1. The Bertz CT molecular complexity index is 1100. The number of methoxy groups -OCH3 is 1. The fourth-order valence-electron chi connectivity index (χ4n) is 4.65. The molecule has 1 fully saturated rings. The lowest BCUT2D eigenvalue weighted by molar-refractivity contribution is -0.133. The number of hydrogen-bond acceptors (Lipinski definition) is 4. The fourth-order valence-corrected chi connectivity index (χ4v) is 4.65. The summed E-state index contributed by atoms with van der Waals surface area (Å²) in [5, 5.41) is 2.84. The quantitative estimate of drug-likeness (QED) is 0.626. The van der Waals surface area contributed by atoms with E-state index in [1.54, 1.807) is 43.6 Å². The lowest BCUT2D eigenvalue weighted by Gasteiger charge is -2.41. The first-order valence-corrected chi connectivity index (χ1v) is 11.2. The van der Waals surface area contributed by atoms with Crippen molar-refractivity contribution in [3.8, 4) is 16.9 Å². The first-order chi connectivity index (χ1) is 16.0. The normalized spacial score (nSPS) is 17.9. The third kappa shape index (κ3) is 4.90. The van der Waals surface area contributed by atoms with Gasteiger partial charge >= 0.3 is 0 Å². The molecule has 1 aromatic heterocycles. The number of ether oxygens (including phenoxy) is 1. The maximum absolute atomic E-state index is 13.1. The van der Waals surface area contributed by atoms with Crippen LogP contribution in [0.4, 0.5) is 0 Å². The largest absolute Gasteiger partial charge is 0.497 e. The zero-order valence-electron chi connectivity index (χ0n) is 19.1. The highest BCUT2D eigenvalue weighted by Gasteiger charge is 2.43. The molecule has 1 N–H and O–H groups in total. The molecule has 6 heteroatoms. The van der Waals surface area contributed by atoms with Crippen molar-refractivity contribution >= 4 is 11.8 Å². The lowest BCUT2D eigenvalue weighted by Crippen LogP contribution is -2.54. The molecule has 2 heterocycles. The summed E-state index contributed by atoms with van der Waals surface area (Å²) < 4.78 is 5.24. The molecule has 2 aromatic carbocycles. The van der Waals surface area contributed by atoms with Crippen LogP contribution in [-0.4, -0.2) is 48.9 Å². The van der Waals surface area contributed by atoms with E-state index in [0.29, 0.717) is 25.1 Å². The Morgan fingerprint density at radius 2 is 1.64 bits per heavy atom. The second kappa shape index (κ2) is 9.86. The number of pyridine rings is 1. The molecule has 33 heavy (non-hydrogen) atoms. The molecule has 170 valence electrons. The molecule has 1 unspecified atom stereocenters. The molecule has 0 radical (unpaired) electrons. The standard InChI is InChI=1S/C27H29N3O3/c1-28-26(32)27(14-3-17-30(19-27)25(31)23-12-15-29-16-13-23)18-20-4-6-21(7-5-20)22-8-10-24(33-2)11-9-22/h4-13,15-16H,3,14,17-19H2,1-2H3,(H,28,32). The van der Waals surface area contributed by atoms with Crippen LogP contribution in [0.25, 0.3) is 11.1 Å². The van der Waals surface area contributed by atoms with Gasteiger partial charge in [0, 0.05) is 38.1 Å². The monoisotopic (exact) mass is 443 g/mol. The number of amides is 2. The second-order valence-corrected chi connectivity index (χ2v) is 8.53. The Morgan fingerprint density at radius 1 is 1.00 bits per heavy atom. The molecular formula is C27H29N3O3. The van der Waals surface area contributed by atoms with Crippen LogP contribution in [0.15, 0.2) is 73.1 Å². The summed E-state index contributed by atoms with van der Waals surface area (Å²) in [6.07, 6.45) is 5.35. The predicted octanol–water partition coefficient (Wildman–Crippen LogP) is 3.97. The van der Waals surface area contributed by atoms with Crippen LogP contribution >= 0.6 is 0 Å². The maximum Gasteiger partial charge on any atom is 0.253 e. The van der Waals surface area contributed by atoms with Crippen molar-refractivity contribution in [1.29, 1.82) is 0 Å². The molecule has 6 nitrogen and oxygen atoms in total. The van der Waals surface area contributed by atoms with Gasteiger partial charge in [0.1, 0.15) is 5.75 Å². The summed E-state index contributed by atoms with van der Waals surface area (Å²) in [4.78, 5) is 31.9. The van der Waals surface area contributed by atoms with Crippen molar-refractivity contribution in [3.05, 3.63) is 84.2 Å². The Labute approximate surface area is 194 Å². The Hall–Kier alpha value is -3.67. The highest BCUT2D eigenvalue weighted by Crippen LogP contribution is 2.35. The average Bonchev–Trinajstić information content (AvgIpc) is 2.89. The van der Waals surface area contributed by atoms with Crippen LogP contribution in [0.2, 0.25) is 0 Å². The highest BCUT2D eigenvalue weighted by molar-refractivity contribution is 5.95. The second-order valence-electron chi connectivity index (χ2n) is 8.53. The maximum atomic E-state index is 13.1. The molecule has 0 spiro atoms. The van der Waals surface area contributed by atoms with Crippen LogP contribution in [0.5, 0.6) is 5.75 Å². The van der Waals surface area contributed by atoms with Crippen molar-refractivity contribution in [2.45, 2.75) is 19.3 Å². The van der Waals surface area contributed by atoms with E-state index in [4.69, 9.17) is 4.74 Å². The Balaban J connectivity index is 1.54. The SMILES string of the molecule is CNC(=O)C1(Cc2ccc(-c3ccc(OC)cc3)cc2)CCCN(C(=O)c2ccncc2)C1. The van der Waals surface area contributed by atoms with E-state index in [1.165, 1.54) is 0 Å². The number of nitrogens with one attached hydrogen (secondary N) is 1. The van der Waals surface area contributed by atoms with Crippen molar-refractivity contribution in [2.24, 2.45) is 5.41 Å². The summed E-state index contributed by atoms with van der Waals surface area (Å²) in [6.45, 7) is 1.05. The van der Waals surface area contributed by atoms with Gasteiger partial charge in [0.2, 0.25) is 5.91 Å². The van der Waals surface area contributed by atoms with Crippen molar-refractivity contribution in [2.75, 3.05) is 27.2 Å².